The molecular weight excluding hydrogens is 717 g/mol. The third-order valence-electron chi connectivity index (χ3n) is 11.5. The van der Waals surface area contributed by atoms with Crippen molar-refractivity contribution in [3.05, 3.63) is 58.1 Å². The highest BCUT2D eigenvalue weighted by Crippen LogP contribution is 2.39. The number of hydrogen-bond acceptors (Lipinski definition) is 7. The number of anilines is 2. The maximum atomic E-state index is 14.0. The fourth-order valence-corrected chi connectivity index (χ4v) is 8.36. The average molecular weight is 763 g/mol. The van der Waals surface area contributed by atoms with Crippen LogP contribution in [0.5, 0.6) is 0 Å². The summed E-state index contributed by atoms with van der Waals surface area (Å²) in [4.78, 5) is 57.2. The zero-order chi connectivity index (χ0) is 38.1. The van der Waals surface area contributed by atoms with Crippen molar-refractivity contribution in [2.45, 2.75) is 82.2 Å². The van der Waals surface area contributed by atoms with Gasteiger partial charge in [-0.15, -0.1) is 0 Å². The summed E-state index contributed by atoms with van der Waals surface area (Å²) in [5, 5.41) is 15.4. The number of fused-ring (bicyclic) bond motifs is 1. The normalized spacial score (nSPS) is 23.8. The molecule has 16 heteroatoms. The number of para-hydroxylation sites is 1. The molecule has 2 aromatic carbocycles. The van der Waals surface area contributed by atoms with Crippen molar-refractivity contribution in [3.8, 4) is 0 Å². The number of ether oxygens (including phenoxy) is 1. The molecular formula is C37H46ClF3N6O6. The molecule has 53 heavy (non-hydrogen) atoms. The third kappa shape index (κ3) is 8.61. The predicted octanol–water partition coefficient (Wildman–Crippen LogP) is 5.62. The fraction of sp³-hybridized carbons (Fsp3) is 0.568. The Morgan fingerprint density at radius 1 is 1.02 bits per heavy atom. The first-order valence-electron chi connectivity index (χ1n) is 18.2. The molecule has 0 radical (unpaired) electrons. The molecule has 5 N–H and O–H groups in total. The quantitative estimate of drug-likeness (QED) is 0.265. The molecule has 3 fully saturated rings. The van der Waals surface area contributed by atoms with E-state index in [-0.39, 0.29) is 54.0 Å². The molecule has 4 aliphatic rings. The minimum Gasteiger partial charge on any atom is -0.480 e. The summed E-state index contributed by atoms with van der Waals surface area (Å²) in [6, 6.07) is 9.39. The lowest BCUT2D eigenvalue weighted by Crippen LogP contribution is -2.56. The number of likely N-dealkylation sites (tertiary alicyclic amines) is 2. The number of nitrogens with one attached hydrogen (secondary N) is 2. The van der Waals surface area contributed by atoms with E-state index in [0.29, 0.717) is 64.7 Å². The van der Waals surface area contributed by atoms with Gasteiger partial charge in [-0.25, -0.2) is 9.59 Å². The Bertz CT molecular complexity index is 1700. The van der Waals surface area contributed by atoms with E-state index in [1.165, 1.54) is 11.0 Å². The fourth-order valence-electron chi connectivity index (χ4n) is 8.11. The van der Waals surface area contributed by atoms with E-state index in [4.69, 9.17) is 22.1 Å². The Labute approximate surface area is 311 Å². The van der Waals surface area contributed by atoms with Crippen LogP contribution in [0.3, 0.4) is 0 Å². The van der Waals surface area contributed by atoms with Crippen LogP contribution in [0.25, 0.3) is 0 Å². The third-order valence-corrected chi connectivity index (χ3v) is 11.8. The Kier molecular flexibility index (Phi) is 11.3. The van der Waals surface area contributed by atoms with Crippen molar-refractivity contribution in [2.24, 2.45) is 11.8 Å². The molecule has 6 rings (SSSR count). The molecule has 4 amide bonds. The van der Waals surface area contributed by atoms with Gasteiger partial charge in [-0.3, -0.25) is 9.59 Å². The second-order valence-corrected chi connectivity index (χ2v) is 15.2. The van der Waals surface area contributed by atoms with E-state index in [2.05, 4.69) is 10.6 Å². The Morgan fingerprint density at radius 3 is 2.34 bits per heavy atom. The molecule has 0 bridgehead atoms. The number of piperidine rings is 3. The average Bonchev–Trinajstić information content (AvgIpc) is 3.30. The van der Waals surface area contributed by atoms with E-state index >= 15 is 0 Å². The van der Waals surface area contributed by atoms with Crippen molar-refractivity contribution in [1.82, 2.24) is 20.0 Å². The van der Waals surface area contributed by atoms with E-state index < -0.39 is 47.0 Å². The van der Waals surface area contributed by atoms with Gasteiger partial charge in [0.1, 0.15) is 5.54 Å². The minimum atomic E-state index is -4.80. The number of aliphatic carboxylic acids is 1. The van der Waals surface area contributed by atoms with Crippen LogP contribution in [0.4, 0.5) is 34.1 Å². The summed E-state index contributed by atoms with van der Waals surface area (Å²) in [6.07, 6.45) is -3.17. The maximum absolute atomic E-state index is 14.0. The molecule has 288 valence electrons. The van der Waals surface area contributed by atoms with Crippen LogP contribution in [0.15, 0.2) is 36.4 Å². The number of carbonyl (C=O) groups excluding carboxylic acids is 3. The van der Waals surface area contributed by atoms with Gasteiger partial charge in [-0.05, 0) is 99.6 Å². The maximum Gasteiger partial charge on any atom is 0.418 e. The largest absolute Gasteiger partial charge is 0.480 e. The molecule has 12 nitrogen and oxygen atoms in total. The highest BCUT2D eigenvalue weighted by Gasteiger charge is 2.42. The summed E-state index contributed by atoms with van der Waals surface area (Å²) in [7, 11) is 0. The van der Waals surface area contributed by atoms with Crippen LogP contribution in [-0.4, -0.2) is 101 Å². The van der Waals surface area contributed by atoms with Gasteiger partial charge < -0.3 is 40.9 Å². The van der Waals surface area contributed by atoms with Crippen molar-refractivity contribution in [1.29, 1.82) is 0 Å². The monoisotopic (exact) mass is 762 g/mol. The first kappa shape index (κ1) is 38.5. The number of amides is 4. The van der Waals surface area contributed by atoms with Crippen LogP contribution in [-0.2, 0) is 33.3 Å². The smallest absolute Gasteiger partial charge is 0.418 e. The number of nitrogen functional groups attached to an aromatic ring is 1. The first-order chi connectivity index (χ1) is 25.1. The van der Waals surface area contributed by atoms with E-state index in [1.54, 1.807) is 16.7 Å². The van der Waals surface area contributed by atoms with E-state index in [9.17, 15) is 37.5 Å². The van der Waals surface area contributed by atoms with Crippen LogP contribution >= 0.6 is 11.6 Å². The van der Waals surface area contributed by atoms with Crippen LogP contribution in [0, 0.1) is 11.8 Å². The molecule has 0 aliphatic carbocycles. The lowest BCUT2D eigenvalue weighted by atomic mass is 9.76. The van der Waals surface area contributed by atoms with Gasteiger partial charge in [0.25, 0.3) is 5.91 Å². The van der Waals surface area contributed by atoms with Gasteiger partial charge in [0, 0.05) is 50.9 Å². The number of nitrogens with zero attached hydrogens (tertiary/aromatic N) is 3. The van der Waals surface area contributed by atoms with Crippen LogP contribution < -0.4 is 16.4 Å². The Balaban J connectivity index is 1.11. The highest BCUT2D eigenvalue weighted by molar-refractivity contribution is 6.33. The minimum absolute atomic E-state index is 0.0409. The number of urea groups is 1. The summed E-state index contributed by atoms with van der Waals surface area (Å²) in [5.74, 6) is -0.918. The van der Waals surface area contributed by atoms with Gasteiger partial charge in [0.2, 0.25) is 0 Å². The molecule has 0 saturated carbocycles. The predicted molar refractivity (Wildman–Crippen MR) is 191 cm³/mol. The summed E-state index contributed by atoms with van der Waals surface area (Å²) in [6.45, 7) is 3.98. The number of rotatable bonds is 7. The van der Waals surface area contributed by atoms with E-state index in [0.717, 1.165) is 23.7 Å². The number of alkyl halides is 3. The molecule has 4 heterocycles. The zero-order valence-corrected chi connectivity index (χ0v) is 30.3. The van der Waals surface area contributed by atoms with Crippen molar-refractivity contribution < 1.29 is 42.2 Å². The zero-order valence-electron chi connectivity index (χ0n) is 29.6. The van der Waals surface area contributed by atoms with Gasteiger partial charge in [0.05, 0.1) is 16.3 Å². The number of benzene rings is 2. The molecule has 3 atom stereocenters. The SMILES string of the molecule is CC1(C(=O)O)CCC(C2CCN(C(=O)[C@@H](Cc3cc(Cl)c(N)c(C(F)(F)F)c3)OC(=O)N3CCC(N4CCc5ccccc5NC4=O)CC3)CC2)CN1. The summed E-state index contributed by atoms with van der Waals surface area (Å²) >= 11 is 6.11. The number of carboxylic acids is 1. The number of carboxylic acid groups (broad SMARTS) is 1. The first-order valence-corrected chi connectivity index (χ1v) is 18.5. The molecule has 2 aromatic rings. The number of carbonyl (C=O) groups is 4. The molecule has 0 spiro atoms. The van der Waals surface area contributed by atoms with Crippen LogP contribution in [0.1, 0.15) is 62.1 Å². The lowest BCUT2D eigenvalue weighted by Gasteiger charge is -2.42. The lowest BCUT2D eigenvalue weighted by molar-refractivity contribution is -0.146. The number of hydrogen-bond donors (Lipinski definition) is 4. The molecule has 0 aromatic heterocycles. The molecule has 4 aliphatic heterocycles. The summed E-state index contributed by atoms with van der Waals surface area (Å²) < 4.78 is 47.3. The Morgan fingerprint density at radius 2 is 1.70 bits per heavy atom. The second kappa shape index (κ2) is 15.6. The van der Waals surface area contributed by atoms with Gasteiger partial charge in [0.15, 0.2) is 6.10 Å². The second-order valence-electron chi connectivity index (χ2n) is 14.8. The van der Waals surface area contributed by atoms with Crippen molar-refractivity contribution in [2.75, 3.05) is 50.3 Å². The van der Waals surface area contributed by atoms with Gasteiger partial charge in [-0.1, -0.05) is 29.8 Å². The van der Waals surface area contributed by atoms with E-state index in [1.807, 2.05) is 24.3 Å². The summed E-state index contributed by atoms with van der Waals surface area (Å²) in [5.41, 5.74) is 4.78. The molecule has 2 unspecified atom stereocenters. The highest BCUT2D eigenvalue weighted by atomic mass is 35.5. The topological polar surface area (TPSA) is 158 Å². The number of nitrogens with two attached hydrogens (primary N) is 1. The van der Waals surface area contributed by atoms with Gasteiger partial charge in [-0.2, -0.15) is 13.2 Å². The van der Waals surface area contributed by atoms with Gasteiger partial charge >= 0.3 is 24.3 Å². The van der Waals surface area contributed by atoms with Crippen LogP contribution in [0.2, 0.25) is 5.02 Å². The standard InChI is InChI=1S/C37H46ClF3N6O6/c1-36(33(49)50)12-6-25(21-43-36)23-7-13-45(14-8-23)32(48)30(20-22-18-27(37(39,40)41)31(42)28(38)19-22)53-35(52)46-15-10-26(11-16-46)47-17-9-24-4-2-3-5-29(24)44-34(47)51/h2-5,18-19,23,25-26,30,43H,6-17,20-21,42H2,1H3,(H,44,51)(H,49,50)/t25?,30-,36?/m1/s1. The van der Waals surface area contributed by atoms with Crippen molar-refractivity contribution in [3.63, 3.8) is 0 Å². The van der Waals surface area contributed by atoms with Crippen molar-refractivity contribution >= 4 is 47.0 Å². The Hall–Kier alpha value is -4.24. The number of halogens is 4. The molecule has 3 saturated heterocycles.